The van der Waals surface area contributed by atoms with Crippen LogP contribution in [0.15, 0.2) is 34.9 Å². The SMILES string of the molecule is CCOc1ccc(NC2CSC(C(C)=O)=C(C)N2CCN)cc1. The molecule has 23 heavy (non-hydrogen) atoms. The molecule has 1 aromatic carbocycles. The highest BCUT2D eigenvalue weighted by Crippen LogP contribution is 2.32. The highest BCUT2D eigenvalue weighted by molar-refractivity contribution is 8.04. The van der Waals surface area contributed by atoms with Crippen molar-refractivity contribution in [1.29, 1.82) is 0 Å². The van der Waals surface area contributed by atoms with Gasteiger partial charge >= 0.3 is 0 Å². The quantitative estimate of drug-likeness (QED) is 0.798. The second-order valence-corrected chi connectivity index (χ2v) is 6.41. The van der Waals surface area contributed by atoms with Gasteiger partial charge in [0.2, 0.25) is 0 Å². The molecule has 0 fully saturated rings. The zero-order valence-electron chi connectivity index (χ0n) is 14.0. The van der Waals surface area contributed by atoms with Gasteiger partial charge in [-0.05, 0) is 45.0 Å². The molecule has 3 N–H and O–H groups in total. The molecule has 1 atom stereocenters. The number of anilines is 1. The van der Waals surface area contributed by atoms with Crippen LogP contribution < -0.4 is 15.8 Å². The highest BCUT2D eigenvalue weighted by Gasteiger charge is 2.27. The molecule has 0 aromatic heterocycles. The van der Waals surface area contributed by atoms with Gasteiger partial charge in [0.15, 0.2) is 5.78 Å². The molecule has 2 rings (SSSR count). The molecule has 0 saturated carbocycles. The number of hydrogen-bond acceptors (Lipinski definition) is 6. The minimum absolute atomic E-state index is 0.115. The minimum Gasteiger partial charge on any atom is -0.494 e. The molecule has 1 aliphatic rings. The van der Waals surface area contributed by atoms with E-state index in [0.717, 1.165) is 34.3 Å². The van der Waals surface area contributed by atoms with E-state index in [1.807, 2.05) is 38.1 Å². The number of ketones is 1. The largest absolute Gasteiger partial charge is 0.494 e. The van der Waals surface area contributed by atoms with Crippen LogP contribution in [0.4, 0.5) is 5.69 Å². The van der Waals surface area contributed by atoms with E-state index in [2.05, 4.69) is 10.2 Å². The van der Waals surface area contributed by atoms with Gasteiger partial charge in [-0.25, -0.2) is 0 Å². The summed E-state index contributed by atoms with van der Waals surface area (Å²) in [6.45, 7) is 7.51. The molecule has 5 nitrogen and oxygen atoms in total. The fraction of sp³-hybridized carbons (Fsp3) is 0.471. The first-order valence-corrected chi connectivity index (χ1v) is 8.86. The van der Waals surface area contributed by atoms with Gasteiger partial charge < -0.3 is 20.7 Å². The van der Waals surface area contributed by atoms with Crippen LogP contribution in [0, 0.1) is 0 Å². The Balaban J connectivity index is 2.13. The molecule has 0 aliphatic carbocycles. The Kier molecular flexibility index (Phi) is 6.36. The second-order valence-electron chi connectivity index (χ2n) is 5.38. The standard InChI is InChI=1S/C17H25N3O2S/c1-4-22-15-7-5-14(6-8-15)19-16-11-23-17(13(3)21)12(2)20(16)10-9-18/h5-8,16,19H,4,9-11,18H2,1-3H3. The van der Waals surface area contributed by atoms with Crippen molar-refractivity contribution in [2.45, 2.75) is 26.9 Å². The summed E-state index contributed by atoms with van der Waals surface area (Å²) < 4.78 is 5.46. The molecular weight excluding hydrogens is 310 g/mol. The fourth-order valence-electron chi connectivity index (χ4n) is 2.67. The predicted octanol–water partition coefficient (Wildman–Crippen LogP) is 2.65. The molecule has 0 radical (unpaired) electrons. The van der Waals surface area contributed by atoms with Crippen molar-refractivity contribution in [2.75, 3.05) is 30.8 Å². The molecule has 0 amide bonds. The van der Waals surface area contributed by atoms with Gasteiger partial charge in [0, 0.05) is 30.2 Å². The summed E-state index contributed by atoms with van der Waals surface area (Å²) in [4.78, 5) is 14.8. The first-order chi connectivity index (χ1) is 11.1. The zero-order chi connectivity index (χ0) is 16.8. The third-order valence-electron chi connectivity index (χ3n) is 3.71. The number of rotatable bonds is 7. The average molecular weight is 335 g/mol. The van der Waals surface area contributed by atoms with E-state index in [4.69, 9.17) is 10.5 Å². The fourth-order valence-corrected chi connectivity index (χ4v) is 3.78. The van der Waals surface area contributed by atoms with Crippen molar-refractivity contribution in [3.63, 3.8) is 0 Å². The number of ether oxygens (including phenoxy) is 1. The smallest absolute Gasteiger partial charge is 0.167 e. The summed E-state index contributed by atoms with van der Waals surface area (Å²) in [6.07, 6.45) is 0.115. The summed E-state index contributed by atoms with van der Waals surface area (Å²) in [6, 6.07) is 7.93. The molecule has 0 saturated heterocycles. The van der Waals surface area contributed by atoms with Gasteiger partial charge in [0.05, 0.1) is 11.5 Å². The average Bonchev–Trinajstić information content (AvgIpc) is 2.52. The van der Waals surface area contributed by atoms with Crippen molar-refractivity contribution in [3.8, 4) is 5.75 Å². The van der Waals surface area contributed by atoms with Gasteiger partial charge in [-0.1, -0.05) is 0 Å². The monoisotopic (exact) mass is 335 g/mol. The predicted molar refractivity (Wildman–Crippen MR) is 96.6 cm³/mol. The van der Waals surface area contributed by atoms with Crippen LogP contribution in [-0.2, 0) is 4.79 Å². The van der Waals surface area contributed by atoms with E-state index in [0.29, 0.717) is 13.2 Å². The van der Waals surface area contributed by atoms with Crippen molar-refractivity contribution in [1.82, 2.24) is 4.90 Å². The number of hydrogen-bond donors (Lipinski definition) is 2. The van der Waals surface area contributed by atoms with Gasteiger partial charge in [0.1, 0.15) is 11.9 Å². The number of nitrogens with one attached hydrogen (secondary N) is 1. The van der Waals surface area contributed by atoms with Gasteiger partial charge in [0.25, 0.3) is 0 Å². The van der Waals surface area contributed by atoms with Crippen molar-refractivity contribution < 1.29 is 9.53 Å². The van der Waals surface area contributed by atoms with Gasteiger partial charge in [-0.15, -0.1) is 11.8 Å². The second kappa shape index (κ2) is 8.26. The first-order valence-electron chi connectivity index (χ1n) is 7.87. The lowest BCUT2D eigenvalue weighted by Crippen LogP contribution is -2.46. The molecule has 0 bridgehead atoms. The highest BCUT2D eigenvalue weighted by atomic mass is 32.2. The Labute approximate surface area is 142 Å². The Morgan fingerprint density at radius 3 is 2.70 bits per heavy atom. The molecular formula is C17H25N3O2S. The molecule has 6 heteroatoms. The van der Waals surface area contributed by atoms with E-state index < -0.39 is 0 Å². The van der Waals surface area contributed by atoms with Crippen LogP contribution in [-0.4, -0.2) is 42.3 Å². The zero-order valence-corrected chi connectivity index (χ0v) is 14.8. The Hall–Kier alpha value is -1.66. The summed E-state index contributed by atoms with van der Waals surface area (Å²) in [5.74, 6) is 1.79. The summed E-state index contributed by atoms with van der Waals surface area (Å²) in [5.41, 5.74) is 7.78. The molecule has 1 heterocycles. The molecule has 1 unspecified atom stereocenters. The van der Waals surface area contributed by atoms with E-state index in [1.54, 1.807) is 18.7 Å². The lowest BCUT2D eigenvalue weighted by Gasteiger charge is -2.39. The minimum atomic E-state index is 0.115. The summed E-state index contributed by atoms with van der Waals surface area (Å²) >= 11 is 1.61. The van der Waals surface area contributed by atoms with Crippen LogP contribution in [0.1, 0.15) is 20.8 Å². The number of nitrogens with two attached hydrogens (primary N) is 1. The van der Waals surface area contributed by atoms with E-state index in [1.165, 1.54) is 0 Å². The van der Waals surface area contributed by atoms with Crippen LogP contribution >= 0.6 is 11.8 Å². The third kappa shape index (κ3) is 4.42. The lowest BCUT2D eigenvalue weighted by atomic mass is 10.2. The Bertz CT molecular complexity index is 572. The number of benzene rings is 1. The Morgan fingerprint density at radius 2 is 2.13 bits per heavy atom. The van der Waals surface area contributed by atoms with E-state index in [-0.39, 0.29) is 11.9 Å². The summed E-state index contributed by atoms with van der Waals surface area (Å²) in [5, 5.41) is 3.52. The lowest BCUT2D eigenvalue weighted by molar-refractivity contribution is -0.113. The summed E-state index contributed by atoms with van der Waals surface area (Å²) in [7, 11) is 0. The van der Waals surface area contributed by atoms with Crippen molar-refractivity contribution in [2.24, 2.45) is 5.73 Å². The van der Waals surface area contributed by atoms with Crippen LogP contribution in [0.2, 0.25) is 0 Å². The van der Waals surface area contributed by atoms with E-state index >= 15 is 0 Å². The normalized spacial score (nSPS) is 18.1. The number of Topliss-reactive ketones (excluding diaryl/α,β-unsaturated/α-hetero) is 1. The molecule has 1 aliphatic heterocycles. The maximum absolute atomic E-state index is 11.8. The number of carbonyl (C=O) groups excluding carboxylic acids is 1. The Morgan fingerprint density at radius 1 is 1.43 bits per heavy atom. The number of thioether (sulfide) groups is 1. The van der Waals surface area contributed by atoms with Crippen LogP contribution in [0.25, 0.3) is 0 Å². The first kappa shape index (κ1) is 17.7. The topological polar surface area (TPSA) is 67.6 Å². The van der Waals surface area contributed by atoms with Crippen molar-refractivity contribution in [3.05, 3.63) is 34.9 Å². The maximum atomic E-state index is 11.8. The third-order valence-corrected chi connectivity index (χ3v) is 5.06. The molecule has 126 valence electrons. The number of carbonyl (C=O) groups is 1. The van der Waals surface area contributed by atoms with Gasteiger partial charge in [-0.2, -0.15) is 0 Å². The van der Waals surface area contributed by atoms with Crippen molar-refractivity contribution >= 4 is 23.2 Å². The van der Waals surface area contributed by atoms with Gasteiger partial charge in [-0.3, -0.25) is 4.79 Å². The number of nitrogens with zero attached hydrogens (tertiary/aromatic N) is 1. The van der Waals surface area contributed by atoms with Crippen LogP contribution in [0.3, 0.4) is 0 Å². The van der Waals surface area contributed by atoms with Crippen LogP contribution in [0.5, 0.6) is 5.75 Å². The van der Waals surface area contributed by atoms with E-state index in [9.17, 15) is 4.79 Å². The number of allylic oxidation sites excluding steroid dienone is 2. The molecule has 0 spiro atoms. The molecule has 1 aromatic rings. The maximum Gasteiger partial charge on any atom is 0.167 e.